The van der Waals surface area contributed by atoms with Gasteiger partial charge in [-0.15, -0.1) is 0 Å². The molecule has 7 nitrogen and oxygen atoms in total. The van der Waals surface area contributed by atoms with Gasteiger partial charge in [-0.3, -0.25) is 0 Å². The van der Waals surface area contributed by atoms with E-state index in [0.29, 0.717) is 18.3 Å². The summed E-state index contributed by atoms with van der Waals surface area (Å²) in [6.45, 7) is 8.70. The number of hydrogen-bond donors (Lipinski definition) is 1. The van der Waals surface area contributed by atoms with E-state index < -0.39 is 0 Å². The van der Waals surface area contributed by atoms with Crippen molar-refractivity contribution < 1.29 is 4.52 Å². The lowest BCUT2D eigenvalue weighted by Crippen LogP contribution is -2.52. The van der Waals surface area contributed by atoms with Gasteiger partial charge in [0.15, 0.2) is 11.8 Å². The Morgan fingerprint density at radius 1 is 1.32 bits per heavy atom. The molecule has 1 aromatic heterocycles. The molecule has 8 heteroatoms. The second-order valence-electron chi connectivity index (χ2n) is 5.85. The van der Waals surface area contributed by atoms with Gasteiger partial charge in [0.05, 0.1) is 0 Å². The monoisotopic (exact) mass is 362 g/mol. The van der Waals surface area contributed by atoms with Gasteiger partial charge in [-0.25, -0.2) is 4.99 Å². The van der Waals surface area contributed by atoms with Crippen LogP contribution in [0.1, 0.15) is 18.6 Å². The number of aryl methyl sites for hydroxylation is 1. The number of aliphatic imine (C=N–C) groups is 1. The van der Waals surface area contributed by atoms with E-state index in [4.69, 9.17) is 16.1 Å². The Kier molecular flexibility index (Phi) is 5.75. The molecule has 1 fully saturated rings. The number of halogens is 1. The Bertz CT molecular complexity index is 723. The number of hydrogen-bond acceptors (Lipinski definition) is 5. The first-order chi connectivity index (χ1) is 12.2. The lowest BCUT2D eigenvalue weighted by Gasteiger charge is -2.37. The molecule has 1 aromatic carbocycles. The largest absolute Gasteiger partial charge is 0.368 e. The number of guanidine groups is 1. The maximum absolute atomic E-state index is 6.10. The number of rotatable bonds is 4. The van der Waals surface area contributed by atoms with Gasteiger partial charge in [-0.05, 0) is 25.1 Å². The van der Waals surface area contributed by atoms with Crippen LogP contribution >= 0.6 is 11.6 Å². The molecule has 0 spiro atoms. The van der Waals surface area contributed by atoms with Crippen molar-refractivity contribution in [3.8, 4) is 0 Å². The van der Waals surface area contributed by atoms with Crippen LogP contribution in [0.4, 0.5) is 5.69 Å². The molecular weight excluding hydrogens is 340 g/mol. The molecule has 2 heterocycles. The van der Waals surface area contributed by atoms with E-state index in [2.05, 4.69) is 43.2 Å². The van der Waals surface area contributed by atoms with Gasteiger partial charge in [-0.1, -0.05) is 22.8 Å². The average molecular weight is 363 g/mol. The van der Waals surface area contributed by atoms with Crippen molar-refractivity contribution in [1.29, 1.82) is 0 Å². The Labute approximate surface area is 152 Å². The summed E-state index contributed by atoms with van der Waals surface area (Å²) in [6.07, 6.45) is 0. The summed E-state index contributed by atoms with van der Waals surface area (Å²) in [5, 5.41) is 8.00. The first kappa shape index (κ1) is 17.5. The van der Waals surface area contributed by atoms with Gasteiger partial charge in [0, 0.05) is 50.4 Å². The molecule has 0 unspecified atom stereocenters. The molecular formula is C17H23ClN6O. The van der Waals surface area contributed by atoms with Gasteiger partial charge < -0.3 is 19.6 Å². The summed E-state index contributed by atoms with van der Waals surface area (Å²) in [7, 11) is 0. The van der Waals surface area contributed by atoms with Crippen LogP contribution in [0.5, 0.6) is 0 Å². The molecule has 0 amide bonds. The van der Waals surface area contributed by atoms with Crippen molar-refractivity contribution in [2.75, 3.05) is 37.6 Å². The molecule has 25 heavy (non-hydrogen) atoms. The van der Waals surface area contributed by atoms with E-state index in [1.807, 2.05) is 18.2 Å². The maximum Gasteiger partial charge on any atom is 0.223 e. The first-order valence-electron chi connectivity index (χ1n) is 8.48. The molecule has 1 aliphatic rings. The minimum absolute atomic E-state index is 0.411. The van der Waals surface area contributed by atoms with Crippen molar-refractivity contribution in [2.24, 2.45) is 4.99 Å². The van der Waals surface area contributed by atoms with Crippen molar-refractivity contribution in [3.05, 3.63) is 41.0 Å². The Hall–Kier alpha value is -2.28. The highest BCUT2D eigenvalue weighted by Gasteiger charge is 2.20. The van der Waals surface area contributed by atoms with Crippen LogP contribution in [0.15, 0.2) is 33.8 Å². The number of nitrogens with zero attached hydrogens (tertiary/aromatic N) is 5. The van der Waals surface area contributed by atoms with Crippen LogP contribution < -0.4 is 10.2 Å². The van der Waals surface area contributed by atoms with Gasteiger partial charge in [0.25, 0.3) is 0 Å². The molecule has 2 aromatic rings. The Morgan fingerprint density at radius 2 is 2.12 bits per heavy atom. The van der Waals surface area contributed by atoms with Crippen molar-refractivity contribution in [3.63, 3.8) is 0 Å². The highest BCUT2D eigenvalue weighted by atomic mass is 35.5. The van der Waals surface area contributed by atoms with Crippen LogP contribution in [0.2, 0.25) is 5.02 Å². The zero-order valence-electron chi connectivity index (χ0n) is 14.6. The van der Waals surface area contributed by atoms with E-state index in [1.54, 1.807) is 6.92 Å². The fourth-order valence-corrected chi connectivity index (χ4v) is 3.01. The standard InChI is InChI=1S/C17H23ClN6O/c1-3-19-17(20-12-16-21-13(2)25-22-16)24-9-7-23(8-10-24)15-6-4-5-14(18)11-15/h4-6,11H,3,7-10,12H2,1-2H3,(H,19,20). The summed E-state index contributed by atoms with van der Waals surface area (Å²) in [5.74, 6) is 2.05. The van der Waals surface area contributed by atoms with Crippen LogP contribution in [0.3, 0.4) is 0 Å². The summed E-state index contributed by atoms with van der Waals surface area (Å²) < 4.78 is 4.99. The summed E-state index contributed by atoms with van der Waals surface area (Å²) >= 11 is 6.10. The van der Waals surface area contributed by atoms with E-state index in [9.17, 15) is 0 Å². The van der Waals surface area contributed by atoms with Crippen LogP contribution in [-0.4, -0.2) is 53.7 Å². The highest BCUT2D eigenvalue weighted by Crippen LogP contribution is 2.20. The number of anilines is 1. The zero-order valence-corrected chi connectivity index (χ0v) is 15.3. The fourth-order valence-electron chi connectivity index (χ4n) is 2.83. The molecule has 1 saturated heterocycles. The zero-order chi connectivity index (χ0) is 17.6. The first-order valence-corrected chi connectivity index (χ1v) is 8.86. The highest BCUT2D eigenvalue weighted by molar-refractivity contribution is 6.30. The molecule has 0 bridgehead atoms. The van der Waals surface area contributed by atoms with Crippen molar-refractivity contribution >= 4 is 23.2 Å². The second kappa shape index (κ2) is 8.20. The molecule has 0 radical (unpaired) electrons. The van der Waals surface area contributed by atoms with Crippen molar-refractivity contribution in [2.45, 2.75) is 20.4 Å². The number of piperazine rings is 1. The quantitative estimate of drug-likeness (QED) is 0.665. The van der Waals surface area contributed by atoms with Gasteiger partial charge in [-0.2, -0.15) is 4.98 Å². The normalized spacial score (nSPS) is 15.6. The Balaban J connectivity index is 1.62. The Morgan fingerprint density at radius 3 is 2.76 bits per heavy atom. The number of aromatic nitrogens is 2. The summed E-state index contributed by atoms with van der Waals surface area (Å²) in [6, 6.07) is 7.99. The third kappa shape index (κ3) is 4.63. The van der Waals surface area contributed by atoms with E-state index >= 15 is 0 Å². The molecule has 0 aliphatic carbocycles. The number of benzene rings is 1. The van der Waals surface area contributed by atoms with Crippen molar-refractivity contribution in [1.82, 2.24) is 20.4 Å². The predicted octanol–water partition coefficient (Wildman–Crippen LogP) is 2.32. The number of nitrogens with one attached hydrogen (secondary N) is 1. The fraction of sp³-hybridized carbons (Fsp3) is 0.471. The lowest BCUT2D eigenvalue weighted by atomic mass is 10.2. The van der Waals surface area contributed by atoms with Crippen LogP contribution in [0, 0.1) is 6.92 Å². The average Bonchev–Trinajstić information content (AvgIpc) is 3.04. The molecule has 3 rings (SSSR count). The summed E-state index contributed by atoms with van der Waals surface area (Å²) in [5.41, 5.74) is 1.16. The molecule has 1 aliphatic heterocycles. The lowest BCUT2D eigenvalue weighted by molar-refractivity contribution is 0.371. The topological polar surface area (TPSA) is 69.8 Å². The van der Waals surface area contributed by atoms with Gasteiger partial charge in [0.2, 0.25) is 5.89 Å². The smallest absolute Gasteiger partial charge is 0.223 e. The van der Waals surface area contributed by atoms with E-state index in [-0.39, 0.29) is 0 Å². The van der Waals surface area contributed by atoms with E-state index in [1.165, 1.54) is 0 Å². The molecule has 0 atom stereocenters. The van der Waals surface area contributed by atoms with Crippen LogP contribution in [0.25, 0.3) is 0 Å². The third-order valence-corrected chi connectivity index (χ3v) is 4.26. The predicted molar refractivity (Wildman–Crippen MR) is 99.1 cm³/mol. The molecule has 0 saturated carbocycles. The minimum atomic E-state index is 0.411. The van der Waals surface area contributed by atoms with Gasteiger partial charge >= 0.3 is 0 Å². The molecule has 1 N–H and O–H groups in total. The molecule has 134 valence electrons. The second-order valence-corrected chi connectivity index (χ2v) is 6.29. The maximum atomic E-state index is 6.10. The minimum Gasteiger partial charge on any atom is -0.368 e. The summed E-state index contributed by atoms with van der Waals surface area (Å²) in [4.78, 5) is 13.4. The SMILES string of the molecule is CCNC(=NCc1noc(C)n1)N1CCN(c2cccc(Cl)c2)CC1. The van der Waals surface area contributed by atoms with Crippen LogP contribution in [-0.2, 0) is 6.54 Å². The van der Waals surface area contributed by atoms with Gasteiger partial charge in [0.1, 0.15) is 6.54 Å². The third-order valence-electron chi connectivity index (χ3n) is 4.03. The van der Waals surface area contributed by atoms with E-state index in [0.717, 1.165) is 49.4 Å².